The summed E-state index contributed by atoms with van der Waals surface area (Å²) in [5.41, 5.74) is 3.41. The summed E-state index contributed by atoms with van der Waals surface area (Å²) in [5.74, 6) is 0. The van der Waals surface area contributed by atoms with Gasteiger partial charge in [-0.2, -0.15) is 5.10 Å². The number of halogens is 1. The number of hydrogen-bond donors (Lipinski definition) is 1. The molecule has 0 fully saturated rings. The molecule has 1 unspecified atom stereocenters. The minimum atomic E-state index is 0.0301. The largest absolute Gasteiger partial charge is 0.383 e. The smallest absolute Gasteiger partial charge is 0.0837 e. The summed E-state index contributed by atoms with van der Waals surface area (Å²) >= 11 is 6.37. The molecule has 0 saturated carbocycles. The van der Waals surface area contributed by atoms with Gasteiger partial charge in [-0.3, -0.25) is 4.68 Å². The van der Waals surface area contributed by atoms with Crippen LogP contribution in [0.1, 0.15) is 29.8 Å². The SMILES string of the molecule is CCNC(c1ccc(C)cc1)c1c(Cl)cnn1CCOC. The van der Waals surface area contributed by atoms with Crippen molar-refractivity contribution in [3.63, 3.8) is 0 Å². The van der Waals surface area contributed by atoms with Gasteiger partial charge in [0.2, 0.25) is 0 Å². The molecule has 114 valence electrons. The van der Waals surface area contributed by atoms with Crippen molar-refractivity contribution in [1.82, 2.24) is 15.1 Å². The maximum absolute atomic E-state index is 6.37. The molecular formula is C16H22ClN3O. The molecule has 0 aliphatic rings. The minimum absolute atomic E-state index is 0.0301. The Morgan fingerprint density at radius 1 is 1.33 bits per heavy atom. The highest BCUT2D eigenvalue weighted by molar-refractivity contribution is 6.31. The molecule has 4 nitrogen and oxygen atoms in total. The lowest BCUT2D eigenvalue weighted by molar-refractivity contribution is 0.182. The average molecular weight is 308 g/mol. The van der Waals surface area contributed by atoms with Crippen LogP contribution in [-0.4, -0.2) is 30.0 Å². The minimum Gasteiger partial charge on any atom is -0.383 e. The Bertz CT molecular complexity index is 565. The molecular weight excluding hydrogens is 286 g/mol. The molecule has 1 heterocycles. The predicted molar refractivity (Wildman–Crippen MR) is 85.8 cm³/mol. The van der Waals surface area contributed by atoms with E-state index in [0.717, 1.165) is 12.2 Å². The number of ether oxygens (including phenoxy) is 1. The Labute approximate surface area is 131 Å². The number of nitrogens with one attached hydrogen (secondary N) is 1. The summed E-state index contributed by atoms with van der Waals surface area (Å²) in [6.45, 7) is 6.32. The second kappa shape index (κ2) is 7.59. The van der Waals surface area contributed by atoms with Gasteiger partial charge in [-0.1, -0.05) is 48.4 Å². The number of nitrogens with zero attached hydrogens (tertiary/aromatic N) is 2. The molecule has 0 aliphatic carbocycles. The van der Waals surface area contributed by atoms with Crippen LogP contribution < -0.4 is 5.32 Å². The molecule has 2 rings (SSSR count). The van der Waals surface area contributed by atoms with Gasteiger partial charge in [-0.25, -0.2) is 0 Å². The molecule has 2 aromatic rings. The normalized spacial score (nSPS) is 12.6. The third kappa shape index (κ3) is 3.84. The van der Waals surface area contributed by atoms with E-state index in [4.69, 9.17) is 16.3 Å². The van der Waals surface area contributed by atoms with Crippen molar-refractivity contribution >= 4 is 11.6 Å². The summed E-state index contributed by atoms with van der Waals surface area (Å²) in [6.07, 6.45) is 1.70. The average Bonchev–Trinajstić information content (AvgIpc) is 2.84. The van der Waals surface area contributed by atoms with Gasteiger partial charge in [0.1, 0.15) is 0 Å². The van der Waals surface area contributed by atoms with Crippen molar-refractivity contribution in [3.8, 4) is 0 Å². The summed E-state index contributed by atoms with van der Waals surface area (Å²) in [4.78, 5) is 0. The molecule has 21 heavy (non-hydrogen) atoms. The van der Waals surface area contributed by atoms with E-state index in [1.54, 1.807) is 13.3 Å². The topological polar surface area (TPSA) is 39.1 Å². The summed E-state index contributed by atoms with van der Waals surface area (Å²) < 4.78 is 7.06. The second-order valence-electron chi connectivity index (χ2n) is 5.00. The highest BCUT2D eigenvalue weighted by atomic mass is 35.5. The van der Waals surface area contributed by atoms with Crippen molar-refractivity contribution in [2.75, 3.05) is 20.3 Å². The van der Waals surface area contributed by atoms with Crippen LogP contribution >= 0.6 is 11.6 Å². The molecule has 0 radical (unpaired) electrons. The van der Waals surface area contributed by atoms with Crippen molar-refractivity contribution < 1.29 is 4.74 Å². The van der Waals surface area contributed by atoms with Crippen LogP contribution in [0.3, 0.4) is 0 Å². The Morgan fingerprint density at radius 2 is 2.05 bits per heavy atom. The van der Waals surface area contributed by atoms with Crippen LogP contribution in [-0.2, 0) is 11.3 Å². The quantitative estimate of drug-likeness (QED) is 0.854. The zero-order valence-electron chi connectivity index (χ0n) is 12.8. The van der Waals surface area contributed by atoms with E-state index in [2.05, 4.69) is 48.5 Å². The number of rotatable bonds is 7. The fourth-order valence-corrected chi connectivity index (χ4v) is 2.60. The third-order valence-corrected chi connectivity index (χ3v) is 3.72. The van der Waals surface area contributed by atoms with Crippen molar-refractivity contribution in [2.24, 2.45) is 0 Å². The first-order valence-corrected chi connectivity index (χ1v) is 7.55. The number of methoxy groups -OCH3 is 1. The van der Waals surface area contributed by atoms with Crippen LogP contribution in [0.15, 0.2) is 30.5 Å². The van der Waals surface area contributed by atoms with Crippen LogP contribution in [0.2, 0.25) is 5.02 Å². The van der Waals surface area contributed by atoms with Crippen LogP contribution in [0.25, 0.3) is 0 Å². The standard InChI is InChI=1S/C16H22ClN3O/c1-4-18-15(13-7-5-12(2)6-8-13)16-14(17)11-19-20(16)9-10-21-3/h5-8,11,15,18H,4,9-10H2,1-3H3. The van der Waals surface area contributed by atoms with E-state index in [0.29, 0.717) is 18.2 Å². The fourth-order valence-electron chi connectivity index (χ4n) is 2.35. The molecule has 0 bridgehead atoms. The summed E-state index contributed by atoms with van der Waals surface area (Å²) in [6, 6.07) is 8.52. The van der Waals surface area contributed by atoms with Crippen molar-refractivity contribution in [1.29, 1.82) is 0 Å². The van der Waals surface area contributed by atoms with Gasteiger partial charge in [-0.15, -0.1) is 0 Å². The molecule has 5 heteroatoms. The van der Waals surface area contributed by atoms with E-state index in [9.17, 15) is 0 Å². The van der Waals surface area contributed by atoms with Gasteiger partial charge >= 0.3 is 0 Å². The molecule has 1 aromatic heterocycles. The molecule has 0 aliphatic heterocycles. The van der Waals surface area contributed by atoms with Gasteiger partial charge in [0.05, 0.1) is 36.1 Å². The van der Waals surface area contributed by atoms with Gasteiger partial charge in [-0.05, 0) is 19.0 Å². The first-order chi connectivity index (χ1) is 10.2. The summed E-state index contributed by atoms with van der Waals surface area (Å²) in [5, 5.41) is 8.53. The molecule has 1 atom stereocenters. The first kappa shape index (κ1) is 16.0. The Hall–Kier alpha value is -1.36. The maximum atomic E-state index is 6.37. The van der Waals surface area contributed by atoms with Gasteiger partial charge < -0.3 is 10.1 Å². The molecule has 1 N–H and O–H groups in total. The lowest BCUT2D eigenvalue weighted by Crippen LogP contribution is -2.26. The highest BCUT2D eigenvalue weighted by Crippen LogP contribution is 2.28. The highest BCUT2D eigenvalue weighted by Gasteiger charge is 2.21. The van der Waals surface area contributed by atoms with Crippen molar-refractivity contribution in [2.45, 2.75) is 26.4 Å². The lowest BCUT2D eigenvalue weighted by atomic mass is 10.0. The zero-order chi connectivity index (χ0) is 15.2. The monoisotopic (exact) mass is 307 g/mol. The first-order valence-electron chi connectivity index (χ1n) is 7.17. The second-order valence-corrected chi connectivity index (χ2v) is 5.40. The van der Waals surface area contributed by atoms with Crippen LogP contribution in [0.5, 0.6) is 0 Å². The number of aryl methyl sites for hydroxylation is 1. The number of aromatic nitrogens is 2. The fraction of sp³-hybridized carbons (Fsp3) is 0.438. The molecule has 1 aromatic carbocycles. The Morgan fingerprint density at radius 3 is 2.67 bits per heavy atom. The van der Waals surface area contributed by atoms with E-state index in [1.807, 2.05) is 4.68 Å². The Balaban J connectivity index is 2.37. The lowest BCUT2D eigenvalue weighted by Gasteiger charge is -2.21. The predicted octanol–water partition coefficient (Wildman–Crippen LogP) is 3.19. The van der Waals surface area contributed by atoms with E-state index in [1.165, 1.54) is 11.1 Å². The van der Waals surface area contributed by atoms with E-state index < -0.39 is 0 Å². The molecule has 0 spiro atoms. The van der Waals surface area contributed by atoms with Crippen LogP contribution in [0, 0.1) is 6.92 Å². The Kier molecular flexibility index (Phi) is 5.79. The maximum Gasteiger partial charge on any atom is 0.0837 e. The molecule has 0 amide bonds. The van der Waals surface area contributed by atoms with Gasteiger partial charge in [0, 0.05) is 7.11 Å². The third-order valence-electron chi connectivity index (χ3n) is 3.43. The molecule has 0 saturated heterocycles. The van der Waals surface area contributed by atoms with Crippen molar-refractivity contribution in [3.05, 3.63) is 52.3 Å². The van der Waals surface area contributed by atoms with Gasteiger partial charge in [0.15, 0.2) is 0 Å². The summed E-state index contributed by atoms with van der Waals surface area (Å²) in [7, 11) is 1.69. The van der Waals surface area contributed by atoms with Gasteiger partial charge in [0.25, 0.3) is 0 Å². The van der Waals surface area contributed by atoms with E-state index >= 15 is 0 Å². The van der Waals surface area contributed by atoms with E-state index in [-0.39, 0.29) is 6.04 Å². The van der Waals surface area contributed by atoms with Crippen LogP contribution in [0.4, 0.5) is 0 Å². The zero-order valence-corrected chi connectivity index (χ0v) is 13.5. The number of benzene rings is 1. The number of hydrogen-bond acceptors (Lipinski definition) is 3.